The first-order valence-electron chi connectivity index (χ1n) is 7.56. The molecule has 1 atom stereocenters. The Balaban J connectivity index is 1.74. The second-order valence-corrected chi connectivity index (χ2v) is 5.88. The van der Waals surface area contributed by atoms with Gasteiger partial charge in [-0.2, -0.15) is 5.10 Å². The Labute approximate surface area is 131 Å². The molecule has 0 radical (unpaired) electrons. The van der Waals surface area contributed by atoms with Crippen LogP contribution in [0.3, 0.4) is 0 Å². The van der Waals surface area contributed by atoms with Crippen LogP contribution in [0, 0.1) is 0 Å². The summed E-state index contributed by atoms with van der Waals surface area (Å²) in [5.74, 6) is 1.24. The van der Waals surface area contributed by atoms with E-state index in [2.05, 4.69) is 28.3 Å². The number of methoxy groups -OCH3 is 2. The molecule has 1 aromatic carbocycles. The van der Waals surface area contributed by atoms with Gasteiger partial charge in [0.2, 0.25) is 0 Å². The third-order valence-electron chi connectivity index (χ3n) is 4.13. The molecule has 0 spiro atoms. The number of fused-ring (bicyclic) bond motifs is 1. The number of hydrogen-bond donors (Lipinski definition) is 0. The number of aromatic nitrogens is 2. The highest BCUT2D eigenvalue weighted by Gasteiger charge is 2.28. The minimum absolute atomic E-state index is 0.341. The Kier molecular flexibility index (Phi) is 4.45. The van der Waals surface area contributed by atoms with Gasteiger partial charge >= 0.3 is 0 Å². The van der Waals surface area contributed by atoms with E-state index >= 15 is 0 Å². The van der Waals surface area contributed by atoms with Crippen molar-refractivity contribution < 1.29 is 9.47 Å². The first kappa shape index (κ1) is 15.1. The molecule has 5 nitrogen and oxygen atoms in total. The Morgan fingerprint density at radius 1 is 1.23 bits per heavy atom. The number of rotatable bonds is 5. The maximum absolute atomic E-state index is 5.38. The average molecular weight is 301 g/mol. The predicted octanol–water partition coefficient (Wildman–Crippen LogP) is 2.17. The van der Waals surface area contributed by atoms with E-state index < -0.39 is 0 Å². The van der Waals surface area contributed by atoms with E-state index in [1.807, 2.05) is 23.9 Å². The van der Waals surface area contributed by atoms with E-state index in [1.165, 1.54) is 16.8 Å². The van der Waals surface area contributed by atoms with E-state index in [4.69, 9.17) is 9.47 Å². The molecule has 5 heteroatoms. The molecule has 0 bridgehead atoms. The number of hydrogen-bond acceptors (Lipinski definition) is 4. The molecule has 2 heterocycles. The zero-order valence-electron chi connectivity index (χ0n) is 13.5. The van der Waals surface area contributed by atoms with Crippen molar-refractivity contribution in [2.45, 2.75) is 19.0 Å². The fraction of sp³-hybridized carbons (Fsp3) is 0.471. The van der Waals surface area contributed by atoms with Gasteiger partial charge in [-0.25, -0.2) is 0 Å². The Bertz CT molecular complexity index is 621. The lowest BCUT2D eigenvalue weighted by Crippen LogP contribution is -2.34. The summed E-state index contributed by atoms with van der Waals surface area (Å²) in [6.45, 7) is 3.56. The molecule has 0 N–H and O–H groups in total. The summed E-state index contributed by atoms with van der Waals surface area (Å²) >= 11 is 0. The van der Waals surface area contributed by atoms with E-state index in [-0.39, 0.29) is 0 Å². The largest absolute Gasteiger partial charge is 0.497 e. The molecule has 0 saturated carbocycles. The lowest BCUT2D eigenvalue weighted by molar-refractivity contribution is 0.134. The highest BCUT2D eigenvalue weighted by Crippen LogP contribution is 2.28. The number of nitrogens with zero attached hydrogens (tertiary/aromatic N) is 3. The van der Waals surface area contributed by atoms with Crippen LogP contribution < -0.4 is 4.74 Å². The number of aryl methyl sites for hydroxylation is 1. The smallest absolute Gasteiger partial charge is 0.118 e. The van der Waals surface area contributed by atoms with Crippen LogP contribution in [0.15, 0.2) is 30.5 Å². The Morgan fingerprint density at radius 2 is 2.00 bits per heavy atom. The SMILES string of the molecule is COCC1CN(Cc2ccc(OC)cc2)Cc2cn(C)nc21. The lowest BCUT2D eigenvalue weighted by Gasteiger charge is -2.31. The van der Waals surface area contributed by atoms with Crippen LogP contribution in [0.2, 0.25) is 0 Å². The van der Waals surface area contributed by atoms with Gasteiger partial charge in [0.1, 0.15) is 5.75 Å². The fourth-order valence-electron chi connectivity index (χ4n) is 3.17. The summed E-state index contributed by atoms with van der Waals surface area (Å²) in [5, 5.41) is 4.61. The summed E-state index contributed by atoms with van der Waals surface area (Å²) < 4.78 is 12.5. The molecular weight excluding hydrogens is 278 g/mol. The van der Waals surface area contributed by atoms with Gasteiger partial charge in [0.25, 0.3) is 0 Å². The van der Waals surface area contributed by atoms with Crippen molar-refractivity contribution in [2.24, 2.45) is 7.05 Å². The minimum Gasteiger partial charge on any atom is -0.497 e. The van der Waals surface area contributed by atoms with Crippen LogP contribution in [-0.4, -0.2) is 42.1 Å². The molecule has 1 unspecified atom stereocenters. The Hall–Kier alpha value is -1.85. The third-order valence-corrected chi connectivity index (χ3v) is 4.13. The molecule has 0 aliphatic carbocycles. The highest BCUT2D eigenvalue weighted by atomic mass is 16.5. The van der Waals surface area contributed by atoms with Gasteiger partial charge < -0.3 is 9.47 Å². The standard InChI is InChI=1S/C17H23N3O2/c1-19-9-14-10-20(11-15(12-21-2)17(14)18-19)8-13-4-6-16(22-3)7-5-13/h4-7,9,15H,8,10-12H2,1-3H3. The molecule has 118 valence electrons. The van der Waals surface area contributed by atoms with Crippen LogP contribution in [0.5, 0.6) is 5.75 Å². The van der Waals surface area contributed by atoms with Crippen LogP contribution in [0.25, 0.3) is 0 Å². The summed E-state index contributed by atoms with van der Waals surface area (Å²) in [4.78, 5) is 2.45. The van der Waals surface area contributed by atoms with Crippen molar-refractivity contribution >= 4 is 0 Å². The molecule has 0 fully saturated rings. The lowest BCUT2D eigenvalue weighted by atomic mass is 9.97. The van der Waals surface area contributed by atoms with Gasteiger partial charge in [0.15, 0.2) is 0 Å². The molecule has 0 amide bonds. The number of benzene rings is 1. The summed E-state index contributed by atoms with van der Waals surface area (Å²) in [6, 6.07) is 8.29. The van der Waals surface area contributed by atoms with E-state index in [9.17, 15) is 0 Å². The third kappa shape index (κ3) is 3.15. The topological polar surface area (TPSA) is 39.5 Å². The predicted molar refractivity (Wildman–Crippen MR) is 84.9 cm³/mol. The van der Waals surface area contributed by atoms with Crippen molar-refractivity contribution in [3.05, 3.63) is 47.3 Å². The van der Waals surface area contributed by atoms with Crippen LogP contribution in [-0.2, 0) is 24.9 Å². The molecule has 2 aromatic rings. The van der Waals surface area contributed by atoms with Gasteiger partial charge in [-0.3, -0.25) is 9.58 Å². The van der Waals surface area contributed by atoms with Crippen molar-refractivity contribution in [1.82, 2.24) is 14.7 Å². The van der Waals surface area contributed by atoms with Crippen LogP contribution in [0.4, 0.5) is 0 Å². The van der Waals surface area contributed by atoms with Gasteiger partial charge in [0, 0.05) is 51.5 Å². The summed E-state index contributed by atoms with van der Waals surface area (Å²) in [7, 11) is 5.43. The normalized spacial score (nSPS) is 18.2. The van der Waals surface area contributed by atoms with Crippen molar-refractivity contribution in [1.29, 1.82) is 0 Å². The van der Waals surface area contributed by atoms with Gasteiger partial charge in [0.05, 0.1) is 19.4 Å². The van der Waals surface area contributed by atoms with Crippen molar-refractivity contribution in [2.75, 3.05) is 27.4 Å². The fourth-order valence-corrected chi connectivity index (χ4v) is 3.17. The summed E-state index contributed by atoms with van der Waals surface area (Å²) in [6.07, 6.45) is 2.12. The van der Waals surface area contributed by atoms with E-state index in [1.54, 1.807) is 14.2 Å². The first-order chi connectivity index (χ1) is 10.7. The molecule has 1 aromatic heterocycles. The second kappa shape index (κ2) is 6.50. The maximum atomic E-state index is 5.38. The molecule has 3 rings (SSSR count). The van der Waals surface area contributed by atoms with Crippen LogP contribution in [0.1, 0.15) is 22.7 Å². The van der Waals surface area contributed by atoms with Crippen molar-refractivity contribution in [3.63, 3.8) is 0 Å². The van der Waals surface area contributed by atoms with Gasteiger partial charge in [-0.1, -0.05) is 12.1 Å². The molecule has 22 heavy (non-hydrogen) atoms. The summed E-state index contributed by atoms with van der Waals surface area (Å²) in [5.41, 5.74) is 3.80. The van der Waals surface area contributed by atoms with E-state index in [0.717, 1.165) is 25.4 Å². The maximum Gasteiger partial charge on any atom is 0.118 e. The average Bonchev–Trinajstić information content (AvgIpc) is 2.89. The minimum atomic E-state index is 0.341. The van der Waals surface area contributed by atoms with Gasteiger partial charge in [-0.05, 0) is 17.7 Å². The first-order valence-corrected chi connectivity index (χ1v) is 7.56. The monoisotopic (exact) mass is 301 g/mol. The zero-order chi connectivity index (χ0) is 15.5. The van der Waals surface area contributed by atoms with E-state index in [0.29, 0.717) is 12.5 Å². The Morgan fingerprint density at radius 3 is 2.68 bits per heavy atom. The number of ether oxygens (including phenoxy) is 2. The zero-order valence-corrected chi connectivity index (χ0v) is 13.5. The van der Waals surface area contributed by atoms with Crippen LogP contribution >= 0.6 is 0 Å². The quantitative estimate of drug-likeness (QED) is 0.848. The molecule has 0 saturated heterocycles. The van der Waals surface area contributed by atoms with Gasteiger partial charge in [-0.15, -0.1) is 0 Å². The second-order valence-electron chi connectivity index (χ2n) is 5.88. The molecule has 1 aliphatic rings. The molecule has 1 aliphatic heterocycles. The molecular formula is C17H23N3O2. The highest BCUT2D eigenvalue weighted by molar-refractivity contribution is 5.28. The van der Waals surface area contributed by atoms with Crippen molar-refractivity contribution in [3.8, 4) is 5.75 Å².